The molecule has 0 aliphatic carbocycles. The van der Waals surface area contributed by atoms with Gasteiger partial charge in [0.05, 0.1) is 11.5 Å². The average molecular weight is 339 g/mol. The monoisotopic (exact) mass is 338 g/mol. The molecule has 0 unspecified atom stereocenters. The van der Waals surface area contributed by atoms with Crippen molar-refractivity contribution in [3.05, 3.63) is 67.0 Å². The van der Waals surface area contributed by atoms with Crippen LogP contribution in [0.25, 0.3) is 0 Å². The number of nitrogen functional groups attached to an aromatic ring is 1. The summed E-state index contributed by atoms with van der Waals surface area (Å²) in [5.74, 6) is 5.27. The number of nitrogens with two attached hydrogens (primary N) is 1. The predicted molar refractivity (Wildman–Crippen MR) is 78.4 cm³/mol. The van der Waals surface area contributed by atoms with E-state index in [-0.39, 0.29) is 16.9 Å². The van der Waals surface area contributed by atoms with E-state index in [2.05, 4.69) is 21.4 Å². The molecule has 0 bridgehead atoms. The maximum atomic E-state index is 11.7. The van der Waals surface area contributed by atoms with E-state index in [1.54, 1.807) is 24.4 Å². The van der Waals surface area contributed by atoms with Gasteiger partial charge in [0.15, 0.2) is 0 Å². The average Bonchev–Trinajstić information content (AvgIpc) is 2.42. The maximum absolute atomic E-state index is 11.7. The molecule has 1 aromatic carbocycles. The van der Waals surface area contributed by atoms with E-state index in [0.29, 0.717) is 6.54 Å². The summed E-state index contributed by atoms with van der Waals surface area (Å²) in [5.41, 5.74) is 2.95. The van der Waals surface area contributed by atoms with Gasteiger partial charge in [0, 0.05) is 22.8 Å². The molecule has 20 heavy (non-hydrogen) atoms. The summed E-state index contributed by atoms with van der Waals surface area (Å²) in [5, 5.41) is 10.8. The number of rotatable bonds is 4. The summed E-state index contributed by atoms with van der Waals surface area (Å²) in [6, 6.07) is 7.59. The van der Waals surface area contributed by atoms with Gasteiger partial charge in [-0.1, -0.05) is 6.07 Å². The molecular formula is C12H11BrN4O3. The number of hydrazine groups is 1. The second-order valence-corrected chi connectivity index (χ2v) is 4.98. The molecule has 0 spiro atoms. The lowest BCUT2D eigenvalue weighted by atomic mass is 10.1. The first-order valence-corrected chi connectivity index (χ1v) is 6.40. The predicted octanol–water partition coefficient (Wildman–Crippen LogP) is 1.85. The summed E-state index contributed by atoms with van der Waals surface area (Å²) >= 11 is 3.29. The SMILES string of the molecule is NNc1cc(Cn2cc(Br)ccc2=O)ccc1[N+](=O)[O-]. The van der Waals surface area contributed by atoms with E-state index in [4.69, 9.17) is 5.84 Å². The first-order valence-electron chi connectivity index (χ1n) is 5.61. The van der Waals surface area contributed by atoms with Crippen LogP contribution in [0.2, 0.25) is 0 Å². The molecule has 0 radical (unpaired) electrons. The number of anilines is 1. The van der Waals surface area contributed by atoms with E-state index >= 15 is 0 Å². The Morgan fingerprint density at radius 2 is 2.10 bits per heavy atom. The number of nitro benzene ring substituents is 1. The number of nitrogens with one attached hydrogen (secondary N) is 1. The van der Waals surface area contributed by atoms with Crippen LogP contribution in [0, 0.1) is 10.1 Å². The number of hydrogen-bond acceptors (Lipinski definition) is 5. The van der Waals surface area contributed by atoms with Crippen molar-refractivity contribution in [1.29, 1.82) is 0 Å². The third-order valence-electron chi connectivity index (χ3n) is 2.71. The Morgan fingerprint density at radius 1 is 1.35 bits per heavy atom. The van der Waals surface area contributed by atoms with E-state index in [9.17, 15) is 14.9 Å². The summed E-state index contributed by atoms with van der Waals surface area (Å²) in [6.45, 7) is 0.297. The molecule has 0 saturated carbocycles. The van der Waals surface area contributed by atoms with Crippen molar-refractivity contribution in [3.63, 3.8) is 0 Å². The summed E-state index contributed by atoms with van der Waals surface area (Å²) in [6.07, 6.45) is 1.65. The van der Waals surface area contributed by atoms with Crippen LogP contribution >= 0.6 is 15.9 Å². The molecule has 0 atom stereocenters. The van der Waals surface area contributed by atoms with Crippen LogP contribution in [0.15, 0.2) is 45.8 Å². The highest BCUT2D eigenvalue weighted by molar-refractivity contribution is 9.10. The van der Waals surface area contributed by atoms with Gasteiger partial charge < -0.3 is 9.99 Å². The van der Waals surface area contributed by atoms with Gasteiger partial charge in [0.25, 0.3) is 11.2 Å². The second-order valence-electron chi connectivity index (χ2n) is 4.07. The van der Waals surface area contributed by atoms with Crippen LogP contribution in [-0.2, 0) is 6.54 Å². The number of nitro groups is 1. The zero-order valence-corrected chi connectivity index (χ0v) is 11.8. The Hall–Kier alpha value is -2.19. The molecular weight excluding hydrogens is 328 g/mol. The summed E-state index contributed by atoms with van der Waals surface area (Å²) < 4.78 is 2.27. The van der Waals surface area contributed by atoms with E-state index in [1.165, 1.54) is 16.7 Å². The topological polar surface area (TPSA) is 103 Å². The lowest BCUT2D eigenvalue weighted by Crippen LogP contribution is -2.19. The third kappa shape index (κ3) is 3.03. The largest absolute Gasteiger partial charge is 0.318 e. The van der Waals surface area contributed by atoms with Gasteiger partial charge in [-0.2, -0.15) is 0 Å². The number of aromatic nitrogens is 1. The van der Waals surface area contributed by atoms with Gasteiger partial charge >= 0.3 is 0 Å². The molecule has 3 N–H and O–H groups in total. The summed E-state index contributed by atoms with van der Waals surface area (Å²) in [7, 11) is 0. The number of nitrogens with zero attached hydrogens (tertiary/aromatic N) is 2. The highest BCUT2D eigenvalue weighted by Gasteiger charge is 2.13. The zero-order chi connectivity index (χ0) is 14.7. The normalized spacial score (nSPS) is 10.3. The fraction of sp³-hybridized carbons (Fsp3) is 0.0833. The van der Waals surface area contributed by atoms with Crippen molar-refractivity contribution in [2.75, 3.05) is 5.43 Å². The van der Waals surface area contributed by atoms with E-state index in [0.717, 1.165) is 10.0 Å². The molecule has 0 aliphatic heterocycles. The Morgan fingerprint density at radius 3 is 2.75 bits per heavy atom. The molecule has 1 heterocycles. The van der Waals surface area contributed by atoms with Crippen LogP contribution in [-0.4, -0.2) is 9.49 Å². The van der Waals surface area contributed by atoms with Crippen LogP contribution in [0.4, 0.5) is 11.4 Å². The standard InChI is InChI=1S/C12H11BrN4O3/c13-9-2-4-12(18)16(7-9)6-8-1-3-11(17(19)20)10(5-8)15-14/h1-5,7,15H,6,14H2. The minimum Gasteiger partial charge on any atom is -0.318 e. The Labute approximate surface area is 122 Å². The van der Waals surface area contributed by atoms with Gasteiger partial charge in [-0.3, -0.25) is 20.8 Å². The van der Waals surface area contributed by atoms with Crippen molar-refractivity contribution in [2.45, 2.75) is 6.54 Å². The molecule has 7 nitrogen and oxygen atoms in total. The first kappa shape index (κ1) is 14.2. The Bertz CT molecular complexity index is 714. The lowest BCUT2D eigenvalue weighted by molar-refractivity contribution is -0.384. The number of hydrogen-bond donors (Lipinski definition) is 2. The smallest absolute Gasteiger partial charge is 0.293 e. The van der Waals surface area contributed by atoms with Crippen molar-refractivity contribution >= 4 is 27.3 Å². The summed E-state index contributed by atoms with van der Waals surface area (Å²) in [4.78, 5) is 22.0. The van der Waals surface area contributed by atoms with Gasteiger partial charge in [0.2, 0.25) is 0 Å². The first-order chi connectivity index (χ1) is 9.51. The van der Waals surface area contributed by atoms with Gasteiger partial charge in [-0.25, -0.2) is 0 Å². The fourth-order valence-corrected chi connectivity index (χ4v) is 2.16. The maximum Gasteiger partial charge on any atom is 0.293 e. The van der Waals surface area contributed by atoms with Crippen molar-refractivity contribution < 1.29 is 4.92 Å². The highest BCUT2D eigenvalue weighted by Crippen LogP contribution is 2.24. The van der Waals surface area contributed by atoms with Crippen LogP contribution in [0.5, 0.6) is 0 Å². The van der Waals surface area contributed by atoms with Gasteiger partial charge in [-0.15, -0.1) is 0 Å². The van der Waals surface area contributed by atoms with Crippen LogP contribution < -0.4 is 16.8 Å². The molecule has 0 amide bonds. The van der Waals surface area contributed by atoms with E-state index in [1.807, 2.05) is 0 Å². The molecule has 2 rings (SSSR count). The quantitative estimate of drug-likeness (QED) is 0.503. The number of pyridine rings is 1. The molecule has 0 saturated heterocycles. The molecule has 2 aromatic rings. The van der Waals surface area contributed by atoms with Crippen LogP contribution in [0.1, 0.15) is 5.56 Å². The Kier molecular flexibility index (Phi) is 4.16. The lowest BCUT2D eigenvalue weighted by Gasteiger charge is -2.08. The number of benzene rings is 1. The Balaban J connectivity index is 2.37. The minimum atomic E-state index is -0.524. The van der Waals surface area contributed by atoms with Crippen molar-refractivity contribution in [3.8, 4) is 0 Å². The third-order valence-corrected chi connectivity index (χ3v) is 3.18. The molecule has 0 fully saturated rings. The van der Waals surface area contributed by atoms with Crippen LogP contribution in [0.3, 0.4) is 0 Å². The van der Waals surface area contributed by atoms with E-state index < -0.39 is 4.92 Å². The van der Waals surface area contributed by atoms with Gasteiger partial charge in [-0.05, 0) is 33.6 Å². The van der Waals surface area contributed by atoms with Crippen molar-refractivity contribution in [2.24, 2.45) is 5.84 Å². The molecule has 1 aromatic heterocycles. The zero-order valence-electron chi connectivity index (χ0n) is 10.2. The molecule has 0 aliphatic rings. The fourth-order valence-electron chi connectivity index (χ4n) is 1.78. The highest BCUT2D eigenvalue weighted by atomic mass is 79.9. The molecule has 104 valence electrons. The molecule has 8 heteroatoms. The minimum absolute atomic E-state index is 0.113. The van der Waals surface area contributed by atoms with Gasteiger partial charge in [0.1, 0.15) is 5.69 Å². The second kappa shape index (κ2) is 5.85. The van der Waals surface area contributed by atoms with Crippen molar-refractivity contribution in [1.82, 2.24) is 4.57 Å². The number of halogens is 1.